The summed E-state index contributed by atoms with van der Waals surface area (Å²) in [4.78, 5) is 0. The molecule has 1 saturated heterocycles. The molecular formula is C16H26N2O. The first-order chi connectivity index (χ1) is 9.29. The molecule has 1 heterocycles. The molecule has 0 aromatic heterocycles. The summed E-state index contributed by atoms with van der Waals surface area (Å²) in [7, 11) is 1.72. The topological polar surface area (TPSA) is 33.3 Å². The van der Waals surface area contributed by atoms with Crippen LogP contribution in [0, 0.1) is 12.8 Å². The van der Waals surface area contributed by atoms with E-state index in [1.165, 1.54) is 37.1 Å². The first-order valence-corrected chi connectivity index (χ1v) is 7.34. The monoisotopic (exact) mass is 262 g/mol. The van der Waals surface area contributed by atoms with Crippen molar-refractivity contribution in [3.8, 4) is 5.75 Å². The summed E-state index contributed by atoms with van der Waals surface area (Å²) < 4.78 is 5.28. The normalized spacial score (nSPS) is 18.7. The maximum Gasteiger partial charge on any atom is 0.121 e. The molecule has 3 nitrogen and oxygen atoms in total. The molecule has 2 N–H and O–H groups in total. The van der Waals surface area contributed by atoms with Crippen LogP contribution in [-0.4, -0.2) is 33.3 Å². The van der Waals surface area contributed by atoms with Crippen molar-refractivity contribution in [3.05, 3.63) is 29.3 Å². The largest absolute Gasteiger partial charge is 0.496 e. The minimum Gasteiger partial charge on any atom is -0.496 e. The lowest BCUT2D eigenvalue weighted by Gasteiger charge is -2.10. The number of hydrogen-bond acceptors (Lipinski definition) is 3. The van der Waals surface area contributed by atoms with E-state index in [4.69, 9.17) is 4.74 Å². The molecule has 1 aliphatic rings. The molecule has 1 atom stereocenters. The second-order valence-electron chi connectivity index (χ2n) is 5.45. The van der Waals surface area contributed by atoms with Crippen molar-refractivity contribution in [2.45, 2.75) is 26.2 Å². The van der Waals surface area contributed by atoms with Gasteiger partial charge in [0, 0.05) is 0 Å². The maximum atomic E-state index is 5.28. The van der Waals surface area contributed by atoms with Gasteiger partial charge < -0.3 is 15.4 Å². The summed E-state index contributed by atoms with van der Waals surface area (Å²) in [5, 5.41) is 6.97. The summed E-state index contributed by atoms with van der Waals surface area (Å²) in [6.07, 6.45) is 3.74. The Labute approximate surface area is 116 Å². The number of methoxy groups -OCH3 is 1. The predicted molar refractivity (Wildman–Crippen MR) is 79.9 cm³/mol. The van der Waals surface area contributed by atoms with Crippen molar-refractivity contribution in [2.75, 3.05) is 33.3 Å². The quantitative estimate of drug-likeness (QED) is 0.739. The van der Waals surface area contributed by atoms with Gasteiger partial charge in [0.1, 0.15) is 5.75 Å². The van der Waals surface area contributed by atoms with Crippen LogP contribution < -0.4 is 15.4 Å². The smallest absolute Gasteiger partial charge is 0.121 e. The third kappa shape index (κ3) is 4.51. The fourth-order valence-corrected chi connectivity index (χ4v) is 2.72. The van der Waals surface area contributed by atoms with E-state index in [-0.39, 0.29) is 0 Å². The number of ether oxygens (including phenoxy) is 1. The van der Waals surface area contributed by atoms with Crippen LogP contribution in [-0.2, 0) is 6.42 Å². The molecule has 1 aromatic rings. The molecule has 0 radical (unpaired) electrons. The van der Waals surface area contributed by atoms with Gasteiger partial charge in [-0.3, -0.25) is 0 Å². The van der Waals surface area contributed by atoms with Gasteiger partial charge in [-0.1, -0.05) is 12.1 Å². The number of rotatable bonds is 7. The zero-order valence-corrected chi connectivity index (χ0v) is 12.2. The van der Waals surface area contributed by atoms with E-state index >= 15 is 0 Å². The van der Waals surface area contributed by atoms with Gasteiger partial charge in [-0.25, -0.2) is 0 Å². The molecule has 1 unspecified atom stereocenters. The fraction of sp³-hybridized carbons (Fsp3) is 0.625. The van der Waals surface area contributed by atoms with E-state index in [9.17, 15) is 0 Å². The van der Waals surface area contributed by atoms with Crippen molar-refractivity contribution in [1.29, 1.82) is 0 Å². The molecule has 3 heteroatoms. The lowest BCUT2D eigenvalue weighted by atomic mass is 10.1. The van der Waals surface area contributed by atoms with Crippen LogP contribution >= 0.6 is 0 Å². The number of nitrogens with one attached hydrogen (secondary N) is 2. The zero-order valence-electron chi connectivity index (χ0n) is 12.2. The van der Waals surface area contributed by atoms with Crippen molar-refractivity contribution >= 4 is 0 Å². The third-order valence-corrected chi connectivity index (χ3v) is 3.94. The van der Waals surface area contributed by atoms with Crippen LogP contribution in [0.25, 0.3) is 0 Å². The summed E-state index contributed by atoms with van der Waals surface area (Å²) >= 11 is 0. The van der Waals surface area contributed by atoms with Gasteiger partial charge in [0.25, 0.3) is 0 Å². The zero-order chi connectivity index (χ0) is 13.5. The molecule has 1 aromatic carbocycles. The lowest BCUT2D eigenvalue weighted by molar-refractivity contribution is 0.411. The highest BCUT2D eigenvalue weighted by molar-refractivity contribution is 5.36. The minimum atomic E-state index is 0.885. The Morgan fingerprint density at radius 3 is 2.95 bits per heavy atom. The van der Waals surface area contributed by atoms with Crippen LogP contribution in [0.2, 0.25) is 0 Å². The van der Waals surface area contributed by atoms with Gasteiger partial charge >= 0.3 is 0 Å². The Kier molecular flexibility index (Phi) is 5.67. The van der Waals surface area contributed by atoms with Crippen molar-refractivity contribution in [2.24, 2.45) is 5.92 Å². The minimum absolute atomic E-state index is 0.885. The Hall–Kier alpha value is -1.06. The second kappa shape index (κ2) is 7.51. The molecular weight excluding hydrogens is 236 g/mol. The van der Waals surface area contributed by atoms with Gasteiger partial charge in [-0.2, -0.15) is 0 Å². The average Bonchev–Trinajstić information content (AvgIpc) is 2.92. The van der Waals surface area contributed by atoms with Crippen LogP contribution in [0.5, 0.6) is 5.75 Å². The van der Waals surface area contributed by atoms with Gasteiger partial charge in [0.2, 0.25) is 0 Å². The summed E-state index contributed by atoms with van der Waals surface area (Å²) in [6.45, 7) is 6.71. The molecule has 2 rings (SSSR count). The SMILES string of the molecule is COc1ccc(CCNCCC2CCNC2)cc1C. The molecule has 0 spiro atoms. The lowest BCUT2D eigenvalue weighted by Crippen LogP contribution is -2.21. The molecule has 0 bridgehead atoms. The first-order valence-electron chi connectivity index (χ1n) is 7.34. The van der Waals surface area contributed by atoms with E-state index in [2.05, 4.69) is 35.8 Å². The number of benzene rings is 1. The molecule has 1 fully saturated rings. The fourth-order valence-electron chi connectivity index (χ4n) is 2.72. The van der Waals surface area contributed by atoms with E-state index in [0.29, 0.717) is 0 Å². The Morgan fingerprint density at radius 1 is 1.37 bits per heavy atom. The first kappa shape index (κ1) is 14.4. The highest BCUT2D eigenvalue weighted by Crippen LogP contribution is 2.18. The van der Waals surface area contributed by atoms with Crippen LogP contribution in [0.4, 0.5) is 0 Å². The molecule has 0 aliphatic carbocycles. The summed E-state index contributed by atoms with van der Waals surface area (Å²) in [6, 6.07) is 6.45. The standard InChI is InChI=1S/C16H26N2O/c1-13-11-14(3-4-16(13)19-2)5-8-17-9-6-15-7-10-18-12-15/h3-4,11,15,17-18H,5-10,12H2,1-2H3. The van der Waals surface area contributed by atoms with Crippen LogP contribution in [0.1, 0.15) is 24.0 Å². The van der Waals surface area contributed by atoms with E-state index < -0.39 is 0 Å². The van der Waals surface area contributed by atoms with E-state index in [1.807, 2.05) is 0 Å². The van der Waals surface area contributed by atoms with Gasteiger partial charge in [-0.15, -0.1) is 0 Å². The predicted octanol–water partition coefficient (Wildman–Crippen LogP) is 2.14. The molecule has 0 amide bonds. The van der Waals surface area contributed by atoms with Crippen molar-refractivity contribution in [1.82, 2.24) is 10.6 Å². The van der Waals surface area contributed by atoms with Gasteiger partial charge in [0.15, 0.2) is 0 Å². The maximum absolute atomic E-state index is 5.28. The van der Waals surface area contributed by atoms with E-state index in [1.54, 1.807) is 7.11 Å². The van der Waals surface area contributed by atoms with Crippen LogP contribution in [0.3, 0.4) is 0 Å². The number of hydrogen-bond donors (Lipinski definition) is 2. The molecule has 1 aliphatic heterocycles. The Bertz CT molecular complexity index is 386. The van der Waals surface area contributed by atoms with Gasteiger partial charge in [-0.05, 0) is 75.5 Å². The number of aryl methyl sites for hydroxylation is 1. The Morgan fingerprint density at radius 2 is 2.26 bits per heavy atom. The molecule has 106 valence electrons. The Balaban J connectivity index is 1.63. The third-order valence-electron chi connectivity index (χ3n) is 3.94. The van der Waals surface area contributed by atoms with Crippen LogP contribution in [0.15, 0.2) is 18.2 Å². The molecule has 19 heavy (non-hydrogen) atoms. The van der Waals surface area contributed by atoms with Gasteiger partial charge in [0.05, 0.1) is 7.11 Å². The average molecular weight is 262 g/mol. The van der Waals surface area contributed by atoms with Crippen molar-refractivity contribution < 1.29 is 4.74 Å². The summed E-state index contributed by atoms with van der Waals surface area (Å²) in [5.74, 6) is 1.86. The summed E-state index contributed by atoms with van der Waals surface area (Å²) in [5.41, 5.74) is 2.60. The highest BCUT2D eigenvalue weighted by atomic mass is 16.5. The van der Waals surface area contributed by atoms with E-state index in [0.717, 1.165) is 31.2 Å². The second-order valence-corrected chi connectivity index (χ2v) is 5.45. The van der Waals surface area contributed by atoms with Crippen molar-refractivity contribution in [3.63, 3.8) is 0 Å². The highest BCUT2D eigenvalue weighted by Gasteiger charge is 2.13. The molecule has 0 saturated carbocycles.